The summed E-state index contributed by atoms with van der Waals surface area (Å²) < 4.78 is 13.4. The summed E-state index contributed by atoms with van der Waals surface area (Å²) in [6, 6.07) is 7.58. The average Bonchev–Trinajstić information content (AvgIpc) is 2.23. The fourth-order valence-corrected chi connectivity index (χ4v) is 1.33. The summed E-state index contributed by atoms with van der Waals surface area (Å²) >= 11 is 0. The van der Waals surface area contributed by atoms with Crippen LogP contribution in [0.5, 0.6) is 0 Å². The predicted octanol–water partition coefficient (Wildman–Crippen LogP) is 1.88. The quantitative estimate of drug-likeness (QED) is 0.770. The lowest BCUT2D eigenvalue weighted by molar-refractivity contribution is 0.630. The zero-order valence-electron chi connectivity index (χ0n) is 8.12. The predicted molar refractivity (Wildman–Crippen MR) is 55.0 cm³/mol. The highest BCUT2D eigenvalue weighted by Crippen LogP contribution is 2.20. The second-order valence-corrected chi connectivity index (χ2v) is 3.29. The van der Waals surface area contributed by atoms with Gasteiger partial charge in [0, 0.05) is 11.6 Å². The van der Waals surface area contributed by atoms with Crippen LogP contribution in [0.3, 0.4) is 0 Å². The Bertz CT molecular complexity index is 528. The first-order valence-corrected chi connectivity index (χ1v) is 4.49. The first-order chi connectivity index (χ1) is 7.16. The van der Waals surface area contributed by atoms with Gasteiger partial charge in [0.15, 0.2) is 0 Å². The minimum Gasteiger partial charge on any atom is -0.268 e. The van der Waals surface area contributed by atoms with Gasteiger partial charge in [0.05, 0.1) is 5.69 Å². The molecule has 0 unspecified atom stereocenters. The van der Waals surface area contributed by atoms with Crippen molar-refractivity contribution >= 4 is 0 Å². The fourth-order valence-electron chi connectivity index (χ4n) is 1.33. The van der Waals surface area contributed by atoms with Crippen molar-refractivity contribution in [1.29, 1.82) is 0 Å². The molecule has 0 atom stereocenters. The standard InChI is InChI=1S/C11H9FN2O/c1-7-2-3-9(12)8(6-7)10-4-5-11(15)14-13-10/h2-6H,1H3,(H,14,15). The number of aromatic amines is 1. The zero-order valence-corrected chi connectivity index (χ0v) is 8.12. The number of nitrogens with one attached hydrogen (secondary N) is 1. The van der Waals surface area contributed by atoms with E-state index in [0.29, 0.717) is 11.3 Å². The van der Waals surface area contributed by atoms with Gasteiger partial charge in [-0.15, -0.1) is 0 Å². The topological polar surface area (TPSA) is 45.8 Å². The van der Waals surface area contributed by atoms with E-state index < -0.39 is 0 Å². The van der Waals surface area contributed by atoms with Crippen molar-refractivity contribution in [2.45, 2.75) is 6.92 Å². The maximum Gasteiger partial charge on any atom is 0.264 e. The number of H-pyrrole nitrogens is 1. The Morgan fingerprint density at radius 3 is 2.73 bits per heavy atom. The number of hydrogen-bond donors (Lipinski definition) is 1. The van der Waals surface area contributed by atoms with Gasteiger partial charge >= 0.3 is 0 Å². The monoisotopic (exact) mass is 204 g/mol. The molecule has 0 saturated carbocycles. The van der Waals surface area contributed by atoms with Gasteiger partial charge in [-0.05, 0) is 25.1 Å². The number of aryl methyl sites for hydroxylation is 1. The molecule has 1 aromatic heterocycles. The Morgan fingerprint density at radius 1 is 1.27 bits per heavy atom. The first-order valence-electron chi connectivity index (χ1n) is 4.49. The molecule has 0 fully saturated rings. The lowest BCUT2D eigenvalue weighted by atomic mass is 10.1. The molecule has 1 aromatic carbocycles. The van der Waals surface area contributed by atoms with Crippen LogP contribution in [0.25, 0.3) is 11.3 Å². The van der Waals surface area contributed by atoms with Crippen molar-refractivity contribution in [1.82, 2.24) is 10.2 Å². The highest BCUT2D eigenvalue weighted by atomic mass is 19.1. The molecule has 76 valence electrons. The van der Waals surface area contributed by atoms with E-state index in [-0.39, 0.29) is 11.4 Å². The van der Waals surface area contributed by atoms with Crippen LogP contribution < -0.4 is 5.56 Å². The molecule has 0 radical (unpaired) electrons. The molecule has 0 saturated heterocycles. The smallest absolute Gasteiger partial charge is 0.264 e. The largest absolute Gasteiger partial charge is 0.268 e. The van der Waals surface area contributed by atoms with E-state index in [0.717, 1.165) is 5.56 Å². The van der Waals surface area contributed by atoms with Gasteiger partial charge in [0.1, 0.15) is 5.82 Å². The molecule has 4 heteroatoms. The van der Waals surface area contributed by atoms with Crippen LogP contribution in [-0.4, -0.2) is 10.2 Å². The van der Waals surface area contributed by atoms with Gasteiger partial charge in [-0.2, -0.15) is 5.10 Å². The summed E-state index contributed by atoms with van der Waals surface area (Å²) in [5.41, 5.74) is 1.47. The van der Waals surface area contributed by atoms with Gasteiger partial charge in [-0.25, -0.2) is 9.49 Å². The van der Waals surface area contributed by atoms with E-state index in [1.807, 2.05) is 6.92 Å². The van der Waals surface area contributed by atoms with E-state index in [1.165, 1.54) is 18.2 Å². The molecule has 0 amide bonds. The second-order valence-electron chi connectivity index (χ2n) is 3.29. The maximum atomic E-state index is 13.4. The lowest BCUT2D eigenvalue weighted by Crippen LogP contribution is -2.06. The third kappa shape index (κ3) is 1.93. The highest BCUT2D eigenvalue weighted by molar-refractivity contribution is 5.60. The minimum absolute atomic E-state index is 0.299. The van der Waals surface area contributed by atoms with Crippen molar-refractivity contribution in [2.75, 3.05) is 0 Å². The number of benzene rings is 1. The van der Waals surface area contributed by atoms with Crippen LogP contribution >= 0.6 is 0 Å². The number of halogens is 1. The maximum absolute atomic E-state index is 13.4. The molecule has 1 N–H and O–H groups in total. The number of rotatable bonds is 1. The van der Waals surface area contributed by atoms with Crippen LogP contribution in [-0.2, 0) is 0 Å². The Morgan fingerprint density at radius 2 is 2.07 bits per heavy atom. The van der Waals surface area contributed by atoms with Gasteiger partial charge in [0.25, 0.3) is 5.56 Å². The van der Waals surface area contributed by atoms with E-state index in [1.54, 1.807) is 12.1 Å². The van der Waals surface area contributed by atoms with Gasteiger partial charge < -0.3 is 0 Å². The van der Waals surface area contributed by atoms with Gasteiger partial charge in [-0.1, -0.05) is 11.6 Å². The Balaban J connectivity index is 2.58. The Kier molecular flexibility index (Phi) is 2.33. The normalized spacial score (nSPS) is 10.3. The minimum atomic E-state index is -0.347. The van der Waals surface area contributed by atoms with Crippen LogP contribution in [0.4, 0.5) is 4.39 Å². The average molecular weight is 204 g/mol. The molecule has 3 nitrogen and oxygen atoms in total. The Hall–Kier alpha value is -1.97. The van der Waals surface area contributed by atoms with Crippen LogP contribution in [0.2, 0.25) is 0 Å². The van der Waals surface area contributed by atoms with E-state index in [4.69, 9.17) is 0 Å². The molecule has 0 spiro atoms. The lowest BCUT2D eigenvalue weighted by Gasteiger charge is -2.02. The Labute approximate surface area is 85.6 Å². The molecule has 0 aliphatic rings. The van der Waals surface area contributed by atoms with Crippen LogP contribution in [0, 0.1) is 12.7 Å². The zero-order chi connectivity index (χ0) is 10.8. The molecule has 2 aromatic rings. The van der Waals surface area contributed by atoms with Crippen molar-refractivity contribution in [3.05, 3.63) is 52.1 Å². The first kappa shape index (κ1) is 9.58. The third-order valence-electron chi connectivity index (χ3n) is 2.08. The summed E-state index contributed by atoms with van der Waals surface area (Å²) in [6.07, 6.45) is 0. The summed E-state index contributed by atoms with van der Waals surface area (Å²) in [6.45, 7) is 1.87. The molecule has 1 heterocycles. The molecular weight excluding hydrogens is 195 g/mol. The molecule has 15 heavy (non-hydrogen) atoms. The van der Waals surface area contributed by atoms with Crippen molar-refractivity contribution < 1.29 is 4.39 Å². The molecule has 0 aliphatic heterocycles. The molecule has 0 bridgehead atoms. The number of nitrogens with zero attached hydrogens (tertiary/aromatic N) is 1. The van der Waals surface area contributed by atoms with Gasteiger partial charge in [0.2, 0.25) is 0 Å². The summed E-state index contributed by atoms with van der Waals surface area (Å²) in [7, 11) is 0. The van der Waals surface area contributed by atoms with Crippen LogP contribution in [0.1, 0.15) is 5.56 Å². The van der Waals surface area contributed by atoms with E-state index in [2.05, 4.69) is 10.2 Å². The molecule has 2 rings (SSSR count). The van der Waals surface area contributed by atoms with Crippen molar-refractivity contribution in [3.63, 3.8) is 0 Å². The number of hydrogen-bond acceptors (Lipinski definition) is 2. The molecular formula is C11H9FN2O. The number of aromatic nitrogens is 2. The van der Waals surface area contributed by atoms with Crippen molar-refractivity contribution in [3.8, 4) is 11.3 Å². The SMILES string of the molecule is Cc1ccc(F)c(-c2ccc(=O)[nH]n2)c1. The third-order valence-corrected chi connectivity index (χ3v) is 2.08. The van der Waals surface area contributed by atoms with Gasteiger partial charge in [-0.3, -0.25) is 4.79 Å². The summed E-state index contributed by atoms with van der Waals surface area (Å²) in [5, 5.41) is 6.05. The van der Waals surface area contributed by atoms with E-state index in [9.17, 15) is 9.18 Å². The summed E-state index contributed by atoms with van der Waals surface area (Å²) in [4.78, 5) is 10.8. The molecule has 0 aliphatic carbocycles. The van der Waals surface area contributed by atoms with Crippen LogP contribution in [0.15, 0.2) is 35.1 Å². The fraction of sp³-hybridized carbons (Fsp3) is 0.0909. The van der Waals surface area contributed by atoms with Crippen molar-refractivity contribution in [2.24, 2.45) is 0 Å². The highest BCUT2D eigenvalue weighted by Gasteiger charge is 2.06. The second kappa shape index (κ2) is 3.65. The van der Waals surface area contributed by atoms with E-state index >= 15 is 0 Å². The summed E-state index contributed by atoms with van der Waals surface area (Å²) in [5.74, 6) is -0.347.